The molecular weight excluding hydrogens is 218 g/mol. The minimum absolute atomic E-state index is 0.0915. The van der Waals surface area contributed by atoms with Crippen LogP contribution < -0.4 is 0 Å². The molecule has 0 amide bonds. The van der Waals surface area contributed by atoms with Crippen molar-refractivity contribution in [2.45, 2.75) is 46.2 Å². The molecule has 0 aromatic carbocycles. The number of hydrogen-bond donors (Lipinski definition) is 0. The van der Waals surface area contributed by atoms with Gasteiger partial charge in [-0.2, -0.15) is 0 Å². The minimum Gasteiger partial charge on any atom is -0.298 e. The highest BCUT2D eigenvalue weighted by Crippen LogP contribution is 2.06. The highest BCUT2D eigenvalue weighted by molar-refractivity contribution is 9.18. The third-order valence-electron chi connectivity index (χ3n) is 1.89. The van der Waals surface area contributed by atoms with Crippen LogP contribution in [-0.2, 0) is 4.79 Å². The third-order valence-corrected chi connectivity index (χ3v) is 2.29. The van der Waals surface area contributed by atoms with Gasteiger partial charge in [0.15, 0.2) is 4.69 Å². The van der Waals surface area contributed by atoms with Crippen LogP contribution in [0.2, 0.25) is 0 Å². The molecule has 12 heavy (non-hydrogen) atoms. The Labute approximate surface area is 83.4 Å². The van der Waals surface area contributed by atoms with Gasteiger partial charge in [-0.1, -0.05) is 0 Å². The number of nitrogens with zero attached hydrogens (tertiary/aromatic N) is 1. The van der Waals surface area contributed by atoms with Gasteiger partial charge in [0.05, 0.1) is 0 Å². The fourth-order valence-corrected chi connectivity index (χ4v) is 1.51. The van der Waals surface area contributed by atoms with E-state index in [-0.39, 0.29) is 4.69 Å². The molecule has 0 radical (unpaired) electrons. The Hall–Kier alpha value is 0.110. The number of carbonyl (C=O) groups is 1. The van der Waals surface area contributed by atoms with Crippen molar-refractivity contribution in [2.75, 3.05) is 6.54 Å². The summed E-state index contributed by atoms with van der Waals surface area (Å²) in [6.45, 7) is 9.45. The second kappa shape index (κ2) is 5.70. The lowest BCUT2D eigenvalue weighted by atomic mass is 10.2. The smallest absolute Gasteiger partial charge is 0.199 e. The molecule has 2 nitrogen and oxygen atoms in total. The lowest BCUT2D eigenvalue weighted by Crippen LogP contribution is -2.38. The first-order chi connectivity index (χ1) is 5.45. The molecule has 0 saturated heterocycles. The SMILES string of the molecule is CC(C)N(CCC(=O)Br)C(C)C. The molecule has 0 unspecified atom stereocenters. The summed E-state index contributed by atoms with van der Waals surface area (Å²) < 4.78 is 0.0915. The average Bonchev–Trinajstić information content (AvgIpc) is 1.84. The Balaban J connectivity index is 3.88. The molecule has 0 aliphatic carbocycles. The molecule has 72 valence electrons. The summed E-state index contributed by atoms with van der Waals surface area (Å²) >= 11 is 2.94. The topological polar surface area (TPSA) is 20.3 Å². The fourth-order valence-electron chi connectivity index (χ4n) is 1.33. The molecule has 0 aromatic rings. The molecule has 0 aliphatic rings. The van der Waals surface area contributed by atoms with E-state index in [0.29, 0.717) is 18.5 Å². The Bertz CT molecular complexity index is 137. The highest BCUT2D eigenvalue weighted by Gasteiger charge is 2.13. The number of hydrogen-bond acceptors (Lipinski definition) is 2. The minimum atomic E-state index is 0.0915. The zero-order valence-corrected chi connectivity index (χ0v) is 9.89. The number of carbonyl (C=O) groups excluding carboxylic acids is 1. The van der Waals surface area contributed by atoms with Crippen molar-refractivity contribution in [1.29, 1.82) is 0 Å². The standard InChI is InChI=1S/C9H18BrNO/c1-7(2)11(8(3)4)6-5-9(10)12/h7-8H,5-6H2,1-4H3. The summed E-state index contributed by atoms with van der Waals surface area (Å²) in [6.07, 6.45) is 0.594. The van der Waals surface area contributed by atoms with Crippen LogP contribution in [0.15, 0.2) is 0 Å². The molecule has 0 saturated carbocycles. The Morgan fingerprint density at radius 1 is 1.25 bits per heavy atom. The van der Waals surface area contributed by atoms with Crippen LogP contribution in [0.3, 0.4) is 0 Å². The van der Waals surface area contributed by atoms with Crippen molar-refractivity contribution in [3.63, 3.8) is 0 Å². The first-order valence-corrected chi connectivity index (χ1v) is 5.18. The zero-order chi connectivity index (χ0) is 9.72. The van der Waals surface area contributed by atoms with Crippen LogP contribution in [0, 0.1) is 0 Å². The van der Waals surface area contributed by atoms with Crippen LogP contribution in [0.1, 0.15) is 34.1 Å². The van der Waals surface area contributed by atoms with Crippen LogP contribution in [0.5, 0.6) is 0 Å². The van der Waals surface area contributed by atoms with Crippen molar-refractivity contribution in [3.05, 3.63) is 0 Å². The second-order valence-corrected chi connectivity index (χ2v) is 4.41. The molecule has 0 heterocycles. The van der Waals surface area contributed by atoms with Gasteiger partial charge < -0.3 is 0 Å². The van der Waals surface area contributed by atoms with E-state index < -0.39 is 0 Å². The van der Waals surface area contributed by atoms with Gasteiger partial charge in [0.2, 0.25) is 0 Å². The monoisotopic (exact) mass is 235 g/mol. The highest BCUT2D eigenvalue weighted by atomic mass is 79.9. The van der Waals surface area contributed by atoms with E-state index in [9.17, 15) is 4.79 Å². The van der Waals surface area contributed by atoms with Crippen molar-refractivity contribution in [2.24, 2.45) is 0 Å². The van der Waals surface area contributed by atoms with Gasteiger partial charge in [0.25, 0.3) is 0 Å². The van der Waals surface area contributed by atoms with E-state index in [0.717, 1.165) is 6.54 Å². The number of halogens is 1. The zero-order valence-electron chi connectivity index (χ0n) is 8.30. The molecular formula is C9H18BrNO. The lowest BCUT2D eigenvalue weighted by molar-refractivity contribution is -0.110. The predicted octanol–water partition coefficient (Wildman–Crippen LogP) is 2.42. The van der Waals surface area contributed by atoms with Crippen LogP contribution in [0.25, 0.3) is 0 Å². The molecule has 0 fully saturated rings. The normalized spacial score (nSPS) is 11.7. The predicted molar refractivity (Wildman–Crippen MR) is 55.5 cm³/mol. The maximum absolute atomic E-state index is 10.7. The van der Waals surface area contributed by atoms with Gasteiger partial charge in [-0.05, 0) is 43.6 Å². The van der Waals surface area contributed by atoms with Gasteiger partial charge in [-0.15, -0.1) is 0 Å². The van der Waals surface area contributed by atoms with Gasteiger partial charge >= 0.3 is 0 Å². The van der Waals surface area contributed by atoms with E-state index in [4.69, 9.17) is 0 Å². The van der Waals surface area contributed by atoms with Gasteiger partial charge in [-0.3, -0.25) is 9.69 Å². The largest absolute Gasteiger partial charge is 0.298 e. The van der Waals surface area contributed by atoms with Crippen LogP contribution in [-0.4, -0.2) is 28.2 Å². The molecule has 0 aliphatic heterocycles. The quantitative estimate of drug-likeness (QED) is 0.683. The summed E-state index contributed by atoms with van der Waals surface area (Å²) in [5.41, 5.74) is 0. The molecule has 0 atom stereocenters. The van der Waals surface area contributed by atoms with Crippen LogP contribution >= 0.6 is 15.9 Å². The van der Waals surface area contributed by atoms with E-state index in [1.54, 1.807) is 0 Å². The molecule has 0 N–H and O–H groups in total. The van der Waals surface area contributed by atoms with Crippen molar-refractivity contribution in [1.82, 2.24) is 4.90 Å². The third kappa shape index (κ3) is 4.88. The number of rotatable bonds is 5. The Morgan fingerprint density at radius 3 is 1.92 bits per heavy atom. The van der Waals surface area contributed by atoms with E-state index in [2.05, 4.69) is 48.5 Å². The molecule has 0 bridgehead atoms. The second-order valence-electron chi connectivity index (χ2n) is 3.53. The van der Waals surface area contributed by atoms with E-state index >= 15 is 0 Å². The van der Waals surface area contributed by atoms with E-state index in [1.165, 1.54) is 0 Å². The summed E-state index contributed by atoms with van der Waals surface area (Å²) in [7, 11) is 0. The molecule has 3 heteroatoms. The van der Waals surface area contributed by atoms with Gasteiger partial charge in [-0.25, -0.2) is 0 Å². The van der Waals surface area contributed by atoms with Crippen molar-refractivity contribution in [3.8, 4) is 0 Å². The van der Waals surface area contributed by atoms with Crippen molar-refractivity contribution < 1.29 is 4.79 Å². The Morgan fingerprint density at radius 2 is 1.67 bits per heavy atom. The molecule has 0 aromatic heterocycles. The van der Waals surface area contributed by atoms with E-state index in [1.807, 2.05) is 0 Å². The summed E-state index contributed by atoms with van der Waals surface area (Å²) in [5.74, 6) is 0. The maximum Gasteiger partial charge on any atom is 0.199 e. The summed E-state index contributed by atoms with van der Waals surface area (Å²) in [5, 5.41) is 0. The van der Waals surface area contributed by atoms with Gasteiger partial charge in [0.1, 0.15) is 0 Å². The Kier molecular flexibility index (Phi) is 5.76. The molecule has 0 rings (SSSR count). The first kappa shape index (κ1) is 12.1. The summed E-state index contributed by atoms with van der Waals surface area (Å²) in [4.78, 5) is 13.0. The first-order valence-electron chi connectivity index (χ1n) is 4.39. The lowest BCUT2D eigenvalue weighted by Gasteiger charge is -2.29. The van der Waals surface area contributed by atoms with Gasteiger partial charge in [0, 0.05) is 25.0 Å². The molecule has 0 spiro atoms. The summed E-state index contributed by atoms with van der Waals surface area (Å²) in [6, 6.07) is 1.02. The average molecular weight is 236 g/mol. The van der Waals surface area contributed by atoms with Crippen LogP contribution in [0.4, 0.5) is 0 Å². The van der Waals surface area contributed by atoms with Crippen molar-refractivity contribution >= 4 is 20.6 Å². The maximum atomic E-state index is 10.7. The fraction of sp³-hybridized carbons (Fsp3) is 0.889.